The van der Waals surface area contributed by atoms with Gasteiger partial charge in [-0.1, -0.05) is 33.8 Å². The van der Waals surface area contributed by atoms with E-state index in [2.05, 4.69) is 27.7 Å². The topological polar surface area (TPSA) is 46.3 Å². The van der Waals surface area contributed by atoms with Crippen molar-refractivity contribution in [3.63, 3.8) is 0 Å². The van der Waals surface area contributed by atoms with Gasteiger partial charge >= 0.3 is 0 Å². The Bertz CT molecular complexity index is 454. The van der Waals surface area contributed by atoms with E-state index in [1.807, 2.05) is 24.0 Å². The third-order valence-electron chi connectivity index (χ3n) is 3.77. The minimum Gasteiger partial charge on any atom is -0.398 e. The van der Waals surface area contributed by atoms with Crippen molar-refractivity contribution in [3.05, 3.63) is 29.3 Å². The molecule has 0 unspecified atom stereocenters. The molecule has 0 radical (unpaired) electrons. The van der Waals surface area contributed by atoms with E-state index in [-0.39, 0.29) is 5.91 Å². The highest BCUT2D eigenvalue weighted by Crippen LogP contribution is 2.16. The molecule has 0 spiro atoms. The third kappa shape index (κ3) is 5.78. The third-order valence-corrected chi connectivity index (χ3v) is 3.77. The van der Waals surface area contributed by atoms with Crippen LogP contribution < -0.4 is 5.73 Å². The van der Waals surface area contributed by atoms with Crippen LogP contribution in [0.25, 0.3) is 0 Å². The van der Waals surface area contributed by atoms with Crippen molar-refractivity contribution in [3.8, 4) is 0 Å². The van der Waals surface area contributed by atoms with Gasteiger partial charge in [-0.25, -0.2) is 0 Å². The first-order valence-electron chi connectivity index (χ1n) is 7.96. The Hall–Kier alpha value is -1.51. The number of carbonyl (C=O) groups is 1. The molecule has 0 fully saturated rings. The molecule has 0 aliphatic rings. The second-order valence-electron chi connectivity index (χ2n) is 6.73. The van der Waals surface area contributed by atoms with Gasteiger partial charge in [0, 0.05) is 24.3 Å². The second-order valence-corrected chi connectivity index (χ2v) is 6.73. The summed E-state index contributed by atoms with van der Waals surface area (Å²) in [5.41, 5.74) is 8.34. The first-order valence-corrected chi connectivity index (χ1v) is 7.96. The molecule has 0 saturated heterocycles. The molecule has 1 amide bonds. The maximum atomic E-state index is 12.7. The number of rotatable bonds is 7. The number of hydrogen-bond acceptors (Lipinski definition) is 2. The number of aryl methyl sites for hydroxylation is 1. The fourth-order valence-electron chi connectivity index (χ4n) is 2.10. The number of benzene rings is 1. The van der Waals surface area contributed by atoms with Gasteiger partial charge in [0.05, 0.1) is 0 Å². The lowest BCUT2D eigenvalue weighted by Gasteiger charge is -2.25. The van der Waals surface area contributed by atoms with Gasteiger partial charge in [0.1, 0.15) is 0 Å². The average molecular weight is 290 g/mol. The first-order chi connectivity index (χ1) is 9.81. The minimum atomic E-state index is 0.100. The molecule has 0 aliphatic heterocycles. The van der Waals surface area contributed by atoms with E-state index < -0.39 is 0 Å². The largest absolute Gasteiger partial charge is 0.398 e. The predicted octanol–water partition coefficient (Wildman–Crippen LogP) is 4.11. The van der Waals surface area contributed by atoms with Gasteiger partial charge in [-0.3, -0.25) is 4.79 Å². The zero-order valence-corrected chi connectivity index (χ0v) is 14.1. The van der Waals surface area contributed by atoms with Crippen molar-refractivity contribution < 1.29 is 4.79 Å². The molecule has 0 saturated carbocycles. The maximum Gasteiger partial charge on any atom is 0.253 e. The lowest BCUT2D eigenvalue weighted by molar-refractivity contribution is 0.0741. The summed E-state index contributed by atoms with van der Waals surface area (Å²) in [7, 11) is 0. The summed E-state index contributed by atoms with van der Waals surface area (Å²) in [4.78, 5) is 14.7. The molecule has 0 aliphatic carbocycles. The molecular weight excluding hydrogens is 260 g/mol. The fraction of sp³-hybridized carbons (Fsp3) is 0.611. The maximum absolute atomic E-state index is 12.7. The Balaban J connectivity index is 2.83. The van der Waals surface area contributed by atoms with Crippen LogP contribution in [-0.2, 0) is 0 Å². The van der Waals surface area contributed by atoms with Gasteiger partial charge in [0.25, 0.3) is 5.91 Å². The van der Waals surface area contributed by atoms with Crippen LogP contribution in [0.15, 0.2) is 18.2 Å². The van der Waals surface area contributed by atoms with Gasteiger partial charge in [-0.15, -0.1) is 0 Å². The van der Waals surface area contributed by atoms with Gasteiger partial charge in [0.2, 0.25) is 0 Å². The van der Waals surface area contributed by atoms with Crippen LogP contribution in [0.3, 0.4) is 0 Å². The van der Waals surface area contributed by atoms with Crippen LogP contribution in [-0.4, -0.2) is 23.9 Å². The van der Waals surface area contributed by atoms with E-state index in [4.69, 9.17) is 5.73 Å². The number of hydrogen-bond donors (Lipinski definition) is 1. The molecule has 0 aromatic heterocycles. The zero-order chi connectivity index (χ0) is 16.0. The van der Waals surface area contributed by atoms with E-state index in [0.29, 0.717) is 23.1 Å². The molecule has 1 aromatic rings. The summed E-state index contributed by atoms with van der Waals surface area (Å²) in [6.07, 6.45) is 2.07. The van der Waals surface area contributed by atoms with E-state index in [1.165, 1.54) is 0 Å². The Morgan fingerprint density at radius 1 is 1.10 bits per heavy atom. The molecule has 3 nitrogen and oxygen atoms in total. The minimum absolute atomic E-state index is 0.100. The van der Waals surface area contributed by atoms with Gasteiger partial charge in [-0.05, 0) is 49.3 Å². The number of nitrogen functional groups attached to an aromatic ring is 1. The number of amides is 1. The molecule has 2 N–H and O–H groups in total. The second kappa shape index (κ2) is 8.06. The highest BCUT2D eigenvalue weighted by molar-refractivity contribution is 5.95. The molecule has 1 aromatic carbocycles. The summed E-state index contributed by atoms with van der Waals surface area (Å²) in [6, 6.07) is 5.60. The first kappa shape index (κ1) is 17.5. The van der Waals surface area contributed by atoms with Crippen LogP contribution in [0.4, 0.5) is 5.69 Å². The standard InChI is InChI=1S/C18H30N2O/c1-13(2)8-10-20(11-9-14(3)4)18(21)16-7-6-15(5)17(19)12-16/h6-7,12-14H,8-11,19H2,1-5H3. The van der Waals surface area contributed by atoms with Crippen molar-refractivity contribution >= 4 is 11.6 Å². The molecule has 1 rings (SSSR count). The Kier molecular flexibility index (Phi) is 6.73. The normalized spacial score (nSPS) is 11.2. The predicted molar refractivity (Wildman–Crippen MR) is 90.4 cm³/mol. The molecule has 21 heavy (non-hydrogen) atoms. The van der Waals surface area contributed by atoms with Gasteiger partial charge in [-0.2, -0.15) is 0 Å². The summed E-state index contributed by atoms with van der Waals surface area (Å²) in [6.45, 7) is 12.3. The zero-order valence-electron chi connectivity index (χ0n) is 14.1. The fourth-order valence-corrected chi connectivity index (χ4v) is 2.10. The van der Waals surface area contributed by atoms with Crippen LogP contribution in [0.2, 0.25) is 0 Å². The lowest BCUT2D eigenvalue weighted by atomic mass is 10.1. The monoisotopic (exact) mass is 290 g/mol. The van der Waals surface area contributed by atoms with Crippen LogP contribution in [0.1, 0.15) is 56.5 Å². The number of nitrogens with zero attached hydrogens (tertiary/aromatic N) is 1. The Morgan fingerprint density at radius 2 is 1.62 bits per heavy atom. The Labute approximate surface area is 129 Å². The van der Waals surface area contributed by atoms with Crippen molar-refractivity contribution in [2.75, 3.05) is 18.8 Å². The summed E-state index contributed by atoms with van der Waals surface area (Å²) in [5.74, 6) is 1.30. The van der Waals surface area contributed by atoms with E-state index in [0.717, 1.165) is 31.5 Å². The molecule has 0 bridgehead atoms. The van der Waals surface area contributed by atoms with Gasteiger partial charge in [0.15, 0.2) is 0 Å². The molecular formula is C18H30N2O. The van der Waals surface area contributed by atoms with Crippen molar-refractivity contribution in [2.45, 2.75) is 47.5 Å². The van der Waals surface area contributed by atoms with Crippen molar-refractivity contribution in [1.29, 1.82) is 0 Å². The molecule has 3 heteroatoms. The molecule has 0 heterocycles. The molecule has 118 valence electrons. The Morgan fingerprint density at radius 3 is 2.05 bits per heavy atom. The average Bonchev–Trinajstić information content (AvgIpc) is 2.40. The number of carbonyl (C=O) groups excluding carboxylic acids is 1. The summed E-state index contributed by atoms with van der Waals surface area (Å²) >= 11 is 0. The molecule has 0 atom stereocenters. The lowest BCUT2D eigenvalue weighted by Crippen LogP contribution is -2.34. The summed E-state index contributed by atoms with van der Waals surface area (Å²) < 4.78 is 0. The van der Waals surface area contributed by atoms with Crippen LogP contribution in [0, 0.1) is 18.8 Å². The summed E-state index contributed by atoms with van der Waals surface area (Å²) in [5, 5.41) is 0. The quantitative estimate of drug-likeness (QED) is 0.768. The van der Waals surface area contributed by atoms with Crippen LogP contribution in [0.5, 0.6) is 0 Å². The number of nitrogens with two attached hydrogens (primary N) is 1. The van der Waals surface area contributed by atoms with E-state index >= 15 is 0 Å². The van der Waals surface area contributed by atoms with E-state index in [9.17, 15) is 4.79 Å². The van der Waals surface area contributed by atoms with Crippen LogP contribution >= 0.6 is 0 Å². The van der Waals surface area contributed by atoms with Crippen molar-refractivity contribution in [2.24, 2.45) is 11.8 Å². The SMILES string of the molecule is Cc1ccc(C(=O)N(CCC(C)C)CCC(C)C)cc1N. The number of anilines is 1. The highest BCUT2D eigenvalue weighted by Gasteiger charge is 2.17. The smallest absolute Gasteiger partial charge is 0.253 e. The van der Waals surface area contributed by atoms with Crippen molar-refractivity contribution in [1.82, 2.24) is 4.90 Å². The van der Waals surface area contributed by atoms with Gasteiger partial charge < -0.3 is 10.6 Å². The highest BCUT2D eigenvalue weighted by atomic mass is 16.2. The van der Waals surface area contributed by atoms with E-state index in [1.54, 1.807) is 6.07 Å².